The summed E-state index contributed by atoms with van der Waals surface area (Å²) in [6.07, 6.45) is 4.42. The molecule has 2 aromatic heterocycles. The molecule has 1 N–H and O–H groups in total. The van der Waals surface area contributed by atoms with Crippen molar-refractivity contribution < 1.29 is 19.3 Å². The van der Waals surface area contributed by atoms with Gasteiger partial charge in [-0.2, -0.15) is 5.10 Å². The normalized spacial score (nSPS) is 22.4. The zero-order valence-corrected chi connectivity index (χ0v) is 19.6. The fraction of sp³-hybridized carbons (Fsp3) is 0.320. The van der Waals surface area contributed by atoms with Crippen LogP contribution in [0.3, 0.4) is 0 Å². The van der Waals surface area contributed by atoms with Gasteiger partial charge in [-0.15, -0.1) is 11.8 Å². The van der Waals surface area contributed by atoms with Crippen molar-refractivity contribution in [2.24, 2.45) is 0 Å². The molecule has 0 aliphatic carbocycles. The maximum atomic E-state index is 11.8. The quantitative estimate of drug-likeness (QED) is 0.365. The smallest absolute Gasteiger partial charge is 0.239 e. The second kappa shape index (κ2) is 10.2. The van der Waals surface area contributed by atoms with Crippen LogP contribution in [0.5, 0.6) is 0 Å². The van der Waals surface area contributed by atoms with E-state index in [4.69, 9.17) is 14.2 Å². The van der Waals surface area contributed by atoms with Crippen LogP contribution in [0.2, 0.25) is 0 Å². The summed E-state index contributed by atoms with van der Waals surface area (Å²) < 4.78 is 19.9. The molecule has 2 aromatic carbocycles. The molecule has 1 saturated heterocycles. The highest BCUT2D eigenvalue weighted by Gasteiger charge is 2.52. The Bertz CT molecular complexity index is 1220. The molecule has 0 saturated carbocycles. The summed E-state index contributed by atoms with van der Waals surface area (Å²) in [5, 5.41) is 16.8. The largest absolute Gasteiger partial charge is 0.374 e. The average Bonchev–Trinajstić information content (AvgIpc) is 3.46. The Morgan fingerprint density at radius 3 is 2.47 bits per heavy atom. The Morgan fingerprint density at radius 1 is 1.06 bits per heavy atom. The Morgan fingerprint density at radius 2 is 1.76 bits per heavy atom. The van der Waals surface area contributed by atoms with Crippen LogP contribution < -0.4 is 0 Å². The molecule has 176 valence electrons. The summed E-state index contributed by atoms with van der Waals surface area (Å²) >= 11 is 1.46. The van der Waals surface area contributed by atoms with Crippen LogP contribution in [0.4, 0.5) is 0 Å². The van der Waals surface area contributed by atoms with Gasteiger partial charge in [-0.1, -0.05) is 60.7 Å². The zero-order chi connectivity index (χ0) is 23.4. The second-order valence-corrected chi connectivity index (χ2v) is 8.90. The molecule has 3 heterocycles. The van der Waals surface area contributed by atoms with Gasteiger partial charge in [0.05, 0.1) is 32.1 Å². The molecule has 0 bridgehead atoms. The molecule has 9 heteroatoms. The van der Waals surface area contributed by atoms with Crippen molar-refractivity contribution in [2.45, 2.75) is 42.7 Å². The van der Waals surface area contributed by atoms with Gasteiger partial charge in [0.2, 0.25) is 5.79 Å². The number of thioether (sulfide) groups is 1. The Balaban J connectivity index is 1.37. The predicted octanol–water partition coefficient (Wildman–Crippen LogP) is 3.58. The van der Waals surface area contributed by atoms with Crippen molar-refractivity contribution in [3.63, 3.8) is 0 Å². The molecule has 1 aliphatic heterocycles. The van der Waals surface area contributed by atoms with Gasteiger partial charge in [-0.3, -0.25) is 0 Å². The average molecular weight is 479 g/mol. The lowest BCUT2D eigenvalue weighted by Gasteiger charge is -2.28. The first-order chi connectivity index (χ1) is 16.7. The molecule has 3 atom stereocenters. The van der Waals surface area contributed by atoms with Gasteiger partial charge in [0.25, 0.3) is 0 Å². The summed E-state index contributed by atoms with van der Waals surface area (Å²) in [5.41, 5.74) is 3.06. The van der Waals surface area contributed by atoms with E-state index in [1.54, 1.807) is 10.7 Å². The van der Waals surface area contributed by atoms with Crippen LogP contribution in [0, 0.1) is 0 Å². The number of ether oxygens (including phenoxy) is 3. The minimum absolute atomic E-state index is 0.324. The molecule has 1 fully saturated rings. The number of aromatic nitrogens is 4. The van der Waals surface area contributed by atoms with Gasteiger partial charge in [-0.25, -0.2) is 14.5 Å². The van der Waals surface area contributed by atoms with Gasteiger partial charge in [0.15, 0.2) is 5.65 Å². The molecule has 1 unspecified atom stereocenters. The van der Waals surface area contributed by atoms with Crippen molar-refractivity contribution in [3.05, 3.63) is 90.0 Å². The fourth-order valence-electron chi connectivity index (χ4n) is 4.12. The highest BCUT2D eigenvalue weighted by Crippen LogP contribution is 2.40. The fourth-order valence-corrected chi connectivity index (χ4v) is 4.60. The summed E-state index contributed by atoms with van der Waals surface area (Å²) in [5.74, 6) is -1.74. The predicted molar refractivity (Wildman–Crippen MR) is 127 cm³/mol. The summed E-state index contributed by atoms with van der Waals surface area (Å²) in [4.78, 5) is 8.71. The SMILES string of the molecule is CSc1ncnn2c(C3(O)O[C@H](COCc4ccccc4)C[C@H]3OCc3ccccc3)cnc12. The molecule has 0 amide bonds. The van der Waals surface area contributed by atoms with E-state index in [0.717, 1.165) is 11.1 Å². The van der Waals surface area contributed by atoms with E-state index in [2.05, 4.69) is 15.1 Å². The highest BCUT2D eigenvalue weighted by molar-refractivity contribution is 7.98. The topological polar surface area (TPSA) is 91.0 Å². The van der Waals surface area contributed by atoms with Crippen LogP contribution in [-0.4, -0.2) is 49.8 Å². The first-order valence-electron chi connectivity index (χ1n) is 11.1. The highest BCUT2D eigenvalue weighted by atomic mass is 32.2. The van der Waals surface area contributed by atoms with Crippen molar-refractivity contribution in [1.29, 1.82) is 0 Å². The number of rotatable bonds is 9. The molecular weight excluding hydrogens is 452 g/mol. The Labute approximate surface area is 201 Å². The standard InChI is InChI=1S/C25H26N4O4S/c1-34-24-23-26-13-21(29(23)28-17-27-24)25(30)22(32-15-19-10-6-3-7-11-19)12-20(33-25)16-31-14-18-8-4-2-5-9-18/h2-11,13,17,20,22,30H,12,14-16H2,1H3/t20-,22+,25?/m0/s1. The molecule has 34 heavy (non-hydrogen) atoms. The maximum Gasteiger partial charge on any atom is 0.239 e. The summed E-state index contributed by atoms with van der Waals surface area (Å²) in [6.45, 7) is 1.13. The van der Waals surface area contributed by atoms with Gasteiger partial charge < -0.3 is 19.3 Å². The molecular formula is C25H26N4O4S. The van der Waals surface area contributed by atoms with Crippen LogP contribution in [0.15, 0.2) is 78.2 Å². The molecule has 0 spiro atoms. The second-order valence-electron chi connectivity index (χ2n) is 8.11. The van der Waals surface area contributed by atoms with Crippen molar-refractivity contribution in [2.75, 3.05) is 12.9 Å². The molecule has 4 aromatic rings. The monoisotopic (exact) mass is 478 g/mol. The lowest BCUT2D eigenvalue weighted by atomic mass is 10.1. The van der Waals surface area contributed by atoms with E-state index in [1.807, 2.05) is 66.9 Å². The van der Waals surface area contributed by atoms with E-state index < -0.39 is 11.9 Å². The lowest BCUT2D eigenvalue weighted by Crippen LogP contribution is -2.39. The molecule has 1 aliphatic rings. The first kappa shape index (κ1) is 22.9. The van der Waals surface area contributed by atoms with E-state index >= 15 is 0 Å². The van der Waals surface area contributed by atoms with Crippen LogP contribution in [0.1, 0.15) is 23.2 Å². The number of nitrogens with zero attached hydrogens (tertiary/aromatic N) is 4. The maximum absolute atomic E-state index is 11.8. The third-order valence-corrected chi connectivity index (χ3v) is 6.48. The van der Waals surface area contributed by atoms with E-state index in [1.165, 1.54) is 18.1 Å². The third kappa shape index (κ3) is 4.70. The lowest BCUT2D eigenvalue weighted by molar-refractivity contribution is -0.254. The minimum Gasteiger partial charge on any atom is -0.374 e. The van der Waals surface area contributed by atoms with Gasteiger partial charge in [0, 0.05) is 6.42 Å². The molecule has 5 rings (SSSR count). The number of aliphatic hydroxyl groups is 1. The van der Waals surface area contributed by atoms with Gasteiger partial charge in [0.1, 0.15) is 23.2 Å². The van der Waals surface area contributed by atoms with E-state index in [0.29, 0.717) is 42.6 Å². The summed E-state index contributed by atoms with van der Waals surface area (Å²) in [6, 6.07) is 19.8. The van der Waals surface area contributed by atoms with Crippen LogP contribution in [0.25, 0.3) is 5.65 Å². The van der Waals surface area contributed by atoms with Gasteiger partial charge in [-0.05, 0) is 17.4 Å². The molecule has 8 nitrogen and oxygen atoms in total. The first-order valence-corrected chi connectivity index (χ1v) is 12.3. The van der Waals surface area contributed by atoms with Crippen LogP contribution in [-0.2, 0) is 33.2 Å². The zero-order valence-electron chi connectivity index (χ0n) is 18.8. The van der Waals surface area contributed by atoms with Crippen molar-refractivity contribution >= 4 is 17.4 Å². The number of fused-ring (bicyclic) bond motifs is 1. The third-order valence-electron chi connectivity index (χ3n) is 5.80. The van der Waals surface area contributed by atoms with Gasteiger partial charge >= 0.3 is 0 Å². The summed E-state index contributed by atoms with van der Waals surface area (Å²) in [7, 11) is 0. The van der Waals surface area contributed by atoms with E-state index in [-0.39, 0.29) is 6.10 Å². The Kier molecular flexibility index (Phi) is 6.89. The Hall–Kier alpha value is -2.82. The van der Waals surface area contributed by atoms with E-state index in [9.17, 15) is 5.11 Å². The van der Waals surface area contributed by atoms with Crippen molar-refractivity contribution in [1.82, 2.24) is 19.6 Å². The van der Waals surface area contributed by atoms with Crippen molar-refractivity contribution in [3.8, 4) is 0 Å². The minimum atomic E-state index is -1.74. The number of imidazole rings is 1. The number of benzene rings is 2. The molecule has 0 radical (unpaired) electrons. The number of hydrogen-bond donors (Lipinski definition) is 1. The number of hydrogen-bond acceptors (Lipinski definition) is 8. The van der Waals surface area contributed by atoms with Crippen LogP contribution >= 0.6 is 11.8 Å².